The van der Waals surface area contributed by atoms with Crippen molar-refractivity contribution < 1.29 is 4.79 Å². The molecule has 7 heteroatoms. The minimum atomic E-state index is -0.0348. The fourth-order valence-corrected chi connectivity index (χ4v) is 3.87. The number of aromatic nitrogens is 4. The Labute approximate surface area is 174 Å². The van der Waals surface area contributed by atoms with E-state index in [4.69, 9.17) is 9.97 Å². The molecule has 4 aromatic rings. The Kier molecular flexibility index (Phi) is 4.43. The third-order valence-electron chi connectivity index (χ3n) is 5.45. The summed E-state index contributed by atoms with van der Waals surface area (Å²) in [6.45, 7) is 4.65. The van der Waals surface area contributed by atoms with Gasteiger partial charge in [0, 0.05) is 36.1 Å². The van der Waals surface area contributed by atoms with Gasteiger partial charge in [-0.1, -0.05) is 18.2 Å². The van der Waals surface area contributed by atoms with E-state index >= 15 is 0 Å². The molecule has 3 aromatic heterocycles. The minimum Gasteiger partial charge on any atom is -0.360 e. The largest absolute Gasteiger partial charge is 0.360 e. The van der Waals surface area contributed by atoms with E-state index in [-0.39, 0.29) is 11.9 Å². The van der Waals surface area contributed by atoms with E-state index in [2.05, 4.69) is 27.5 Å². The van der Waals surface area contributed by atoms with Crippen LogP contribution in [-0.2, 0) is 6.42 Å². The number of aromatic amines is 1. The molecule has 0 saturated carbocycles. The maximum absolute atomic E-state index is 12.2. The summed E-state index contributed by atoms with van der Waals surface area (Å²) in [6, 6.07) is 13.7. The van der Waals surface area contributed by atoms with Crippen molar-refractivity contribution in [2.75, 3.05) is 11.9 Å². The quantitative estimate of drug-likeness (QED) is 0.486. The average molecular weight is 398 g/mol. The topological polar surface area (TPSA) is 95.6 Å². The van der Waals surface area contributed by atoms with Crippen molar-refractivity contribution in [2.24, 2.45) is 0 Å². The molecule has 3 N–H and O–H groups in total. The first-order valence-corrected chi connectivity index (χ1v) is 10.1. The second-order valence-corrected chi connectivity index (χ2v) is 7.53. The number of aryl methyl sites for hydroxylation is 1. The van der Waals surface area contributed by atoms with E-state index in [1.807, 2.05) is 49.4 Å². The Morgan fingerprint density at radius 3 is 2.80 bits per heavy atom. The van der Waals surface area contributed by atoms with Crippen LogP contribution >= 0.6 is 0 Å². The van der Waals surface area contributed by atoms with Crippen molar-refractivity contribution in [1.29, 1.82) is 0 Å². The first kappa shape index (κ1) is 18.3. The molecule has 0 radical (unpaired) electrons. The molecule has 4 heterocycles. The molecule has 150 valence electrons. The second-order valence-electron chi connectivity index (χ2n) is 7.53. The molecule has 0 spiro atoms. The van der Waals surface area contributed by atoms with Crippen molar-refractivity contribution in [2.45, 2.75) is 26.3 Å². The van der Waals surface area contributed by atoms with Crippen LogP contribution in [0.1, 0.15) is 40.4 Å². The molecule has 1 aliphatic heterocycles. The summed E-state index contributed by atoms with van der Waals surface area (Å²) in [7, 11) is 0. The maximum Gasteiger partial charge on any atom is 0.253 e. The SMILES string of the molecule is Cc1nc2cccc(-c3cc4c([nH]3)CCNC4=O)c2nc1N[C@H](C)c1ccccn1. The van der Waals surface area contributed by atoms with Gasteiger partial charge in [0.1, 0.15) is 11.3 Å². The number of nitrogens with one attached hydrogen (secondary N) is 3. The number of para-hydroxylation sites is 1. The maximum atomic E-state index is 12.2. The fourth-order valence-electron chi connectivity index (χ4n) is 3.87. The second kappa shape index (κ2) is 7.26. The number of pyridine rings is 1. The number of anilines is 1. The average Bonchev–Trinajstić information content (AvgIpc) is 3.20. The Bertz CT molecular complexity index is 1250. The number of benzene rings is 1. The van der Waals surface area contributed by atoms with Gasteiger partial charge in [0.15, 0.2) is 0 Å². The zero-order valence-corrected chi connectivity index (χ0v) is 16.9. The normalized spacial score (nSPS) is 14.3. The molecule has 1 amide bonds. The van der Waals surface area contributed by atoms with E-state index in [0.29, 0.717) is 12.1 Å². The summed E-state index contributed by atoms with van der Waals surface area (Å²) >= 11 is 0. The molecule has 7 nitrogen and oxygen atoms in total. The lowest BCUT2D eigenvalue weighted by molar-refractivity contribution is 0.0946. The number of rotatable bonds is 4. The van der Waals surface area contributed by atoms with Gasteiger partial charge in [-0.15, -0.1) is 0 Å². The highest BCUT2D eigenvalue weighted by atomic mass is 16.1. The van der Waals surface area contributed by atoms with E-state index in [9.17, 15) is 4.79 Å². The van der Waals surface area contributed by atoms with Gasteiger partial charge in [-0.2, -0.15) is 0 Å². The van der Waals surface area contributed by atoms with Crippen LogP contribution < -0.4 is 10.6 Å². The number of fused-ring (bicyclic) bond motifs is 2. The molecular weight excluding hydrogens is 376 g/mol. The number of hydrogen-bond donors (Lipinski definition) is 3. The third kappa shape index (κ3) is 3.18. The highest BCUT2D eigenvalue weighted by Gasteiger charge is 2.21. The van der Waals surface area contributed by atoms with E-state index < -0.39 is 0 Å². The zero-order chi connectivity index (χ0) is 20.7. The standard InChI is InChI=1S/C23H22N6O/c1-13(17-7-3-4-10-24-17)27-22-14(2)26-19-8-5-6-15(21(19)29-22)20-12-16-18(28-20)9-11-25-23(16)30/h3-8,10,12-13,28H,9,11H2,1-2H3,(H,25,30)(H,27,29)/t13-/m1/s1. The number of carbonyl (C=O) groups excluding carboxylic acids is 1. The van der Waals surface area contributed by atoms with Crippen LogP contribution in [0.5, 0.6) is 0 Å². The molecule has 5 rings (SSSR count). The number of nitrogens with zero attached hydrogens (tertiary/aromatic N) is 3. The Hall–Kier alpha value is -3.74. The summed E-state index contributed by atoms with van der Waals surface area (Å²) in [5, 5.41) is 6.33. The van der Waals surface area contributed by atoms with Crippen molar-refractivity contribution in [3.8, 4) is 11.3 Å². The predicted octanol–water partition coefficient (Wildman–Crippen LogP) is 3.79. The summed E-state index contributed by atoms with van der Waals surface area (Å²) in [5.41, 5.74) is 6.85. The summed E-state index contributed by atoms with van der Waals surface area (Å²) < 4.78 is 0. The van der Waals surface area contributed by atoms with Gasteiger partial charge >= 0.3 is 0 Å². The number of H-pyrrole nitrogens is 1. The van der Waals surface area contributed by atoms with Crippen LogP contribution in [0, 0.1) is 6.92 Å². The molecule has 30 heavy (non-hydrogen) atoms. The Morgan fingerprint density at radius 2 is 2.00 bits per heavy atom. The van der Waals surface area contributed by atoms with E-state index in [1.165, 1.54) is 0 Å². The Balaban J connectivity index is 1.57. The van der Waals surface area contributed by atoms with Crippen molar-refractivity contribution in [3.05, 3.63) is 71.3 Å². The minimum absolute atomic E-state index is 0.00897. The van der Waals surface area contributed by atoms with Gasteiger partial charge in [0.2, 0.25) is 0 Å². The van der Waals surface area contributed by atoms with Crippen LogP contribution in [0.15, 0.2) is 48.7 Å². The molecule has 1 aromatic carbocycles. The van der Waals surface area contributed by atoms with Gasteiger partial charge in [0.05, 0.1) is 28.5 Å². The zero-order valence-electron chi connectivity index (χ0n) is 16.9. The highest BCUT2D eigenvalue weighted by Crippen LogP contribution is 2.31. The summed E-state index contributed by atoms with van der Waals surface area (Å²) in [6.07, 6.45) is 2.58. The van der Waals surface area contributed by atoms with Gasteiger partial charge in [0.25, 0.3) is 5.91 Å². The smallest absolute Gasteiger partial charge is 0.253 e. The van der Waals surface area contributed by atoms with Crippen molar-refractivity contribution in [1.82, 2.24) is 25.3 Å². The number of hydrogen-bond acceptors (Lipinski definition) is 5. The summed E-state index contributed by atoms with van der Waals surface area (Å²) in [5.74, 6) is 0.689. The van der Waals surface area contributed by atoms with Crippen LogP contribution in [0.2, 0.25) is 0 Å². The lowest BCUT2D eigenvalue weighted by Gasteiger charge is -2.16. The van der Waals surface area contributed by atoms with Gasteiger partial charge in [-0.25, -0.2) is 9.97 Å². The molecule has 0 saturated heterocycles. The Morgan fingerprint density at radius 1 is 1.10 bits per heavy atom. The molecule has 1 atom stereocenters. The van der Waals surface area contributed by atoms with Crippen LogP contribution in [0.25, 0.3) is 22.3 Å². The highest BCUT2D eigenvalue weighted by molar-refractivity contribution is 5.99. The first-order chi connectivity index (χ1) is 14.6. The van der Waals surface area contributed by atoms with Crippen molar-refractivity contribution >= 4 is 22.8 Å². The van der Waals surface area contributed by atoms with Crippen LogP contribution in [-0.4, -0.2) is 32.4 Å². The summed E-state index contributed by atoms with van der Waals surface area (Å²) in [4.78, 5) is 29.7. The van der Waals surface area contributed by atoms with Crippen LogP contribution in [0.3, 0.4) is 0 Å². The molecule has 0 fully saturated rings. The number of carbonyl (C=O) groups is 1. The molecular formula is C23H22N6O. The molecule has 1 aliphatic rings. The predicted molar refractivity (Wildman–Crippen MR) is 116 cm³/mol. The van der Waals surface area contributed by atoms with E-state index in [1.54, 1.807) is 6.20 Å². The van der Waals surface area contributed by atoms with Crippen LogP contribution in [0.4, 0.5) is 5.82 Å². The molecule has 0 aliphatic carbocycles. The monoisotopic (exact) mass is 398 g/mol. The van der Waals surface area contributed by atoms with E-state index in [0.717, 1.165) is 51.6 Å². The number of amides is 1. The molecule has 0 bridgehead atoms. The van der Waals surface area contributed by atoms with Gasteiger partial charge in [-0.3, -0.25) is 9.78 Å². The van der Waals surface area contributed by atoms with Crippen molar-refractivity contribution in [3.63, 3.8) is 0 Å². The molecule has 0 unspecified atom stereocenters. The van der Waals surface area contributed by atoms with Gasteiger partial charge in [-0.05, 0) is 38.1 Å². The third-order valence-corrected chi connectivity index (χ3v) is 5.45. The van der Waals surface area contributed by atoms with Gasteiger partial charge < -0.3 is 15.6 Å². The fraction of sp³-hybridized carbons (Fsp3) is 0.217. The lowest BCUT2D eigenvalue weighted by atomic mass is 10.1. The first-order valence-electron chi connectivity index (χ1n) is 10.1. The lowest BCUT2D eigenvalue weighted by Crippen LogP contribution is -2.31.